The van der Waals surface area contributed by atoms with Gasteiger partial charge in [0.15, 0.2) is 0 Å². The van der Waals surface area contributed by atoms with Gasteiger partial charge in [-0.3, -0.25) is 4.79 Å². The van der Waals surface area contributed by atoms with Crippen molar-refractivity contribution in [3.05, 3.63) is 35.1 Å². The molecule has 1 unspecified atom stereocenters. The van der Waals surface area contributed by atoms with Crippen molar-refractivity contribution in [3.63, 3.8) is 0 Å². The van der Waals surface area contributed by atoms with Crippen molar-refractivity contribution in [2.45, 2.75) is 38.1 Å². The Morgan fingerprint density at radius 2 is 1.80 bits per heavy atom. The Labute approximate surface area is 147 Å². The average Bonchev–Trinajstić information content (AvgIpc) is 3.41. The number of carbonyl (C=O) groups is 2. The zero-order chi connectivity index (χ0) is 17.4. The molecule has 1 aromatic rings. The third-order valence-electron chi connectivity index (χ3n) is 5.53. The van der Waals surface area contributed by atoms with Crippen molar-refractivity contribution in [2.75, 3.05) is 26.2 Å². The SMILES string of the molecule is O=C(NC1CCc2c(F)cccc21)N1CCCN(C(=O)C2CC2)CC1. The third kappa shape index (κ3) is 3.34. The van der Waals surface area contributed by atoms with Crippen molar-refractivity contribution < 1.29 is 14.0 Å². The Morgan fingerprint density at radius 1 is 1.04 bits per heavy atom. The van der Waals surface area contributed by atoms with Gasteiger partial charge in [0, 0.05) is 32.1 Å². The summed E-state index contributed by atoms with van der Waals surface area (Å²) in [5.74, 6) is 0.297. The molecule has 5 nitrogen and oxygen atoms in total. The van der Waals surface area contributed by atoms with Crippen molar-refractivity contribution in [2.24, 2.45) is 5.92 Å². The van der Waals surface area contributed by atoms with Gasteiger partial charge in [-0.1, -0.05) is 12.1 Å². The van der Waals surface area contributed by atoms with E-state index in [1.165, 1.54) is 6.07 Å². The number of amides is 3. The molecule has 0 spiro atoms. The van der Waals surface area contributed by atoms with E-state index >= 15 is 0 Å². The van der Waals surface area contributed by atoms with Crippen molar-refractivity contribution in [1.82, 2.24) is 15.1 Å². The first kappa shape index (κ1) is 16.4. The maximum absolute atomic E-state index is 13.8. The normalized spacial score (nSPS) is 23.2. The summed E-state index contributed by atoms with van der Waals surface area (Å²) in [5.41, 5.74) is 1.62. The molecule has 25 heavy (non-hydrogen) atoms. The van der Waals surface area contributed by atoms with Crippen molar-refractivity contribution in [3.8, 4) is 0 Å². The van der Waals surface area contributed by atoms with Crippen molar-refractivity contribution in [1.29, 1.82) is 0 Å². The van der Waals surface area contributed by atoms with Gasteiger partial charge in [0.05, 0.1) is 6.04 Å². The average molecular weight is 345 g/mol. The number of rotatable bonds is 2. The molecule has 1 saturated heterocycles. The quantitative estimate of drug-likeness (QED) is 0.895. The molecule has 1 saturated carbocycles. The van der Waals surface area contributed by atoms with Gasteiger partial charge >= 0.3 is 6.03 Å². The zero-order valence-electron chi connectivity index (χ0n) is 14.3. The first-order valence-electron chi connectivity index (χ1n) is 9.25. The van der Waals surface area contributed by atoms with E-state index in [2.05, 4.69) is 5.32 Å². The second-order valence-electron chi connectivity index (χ2n) is 7.29. The van der Waals surface area contributed by atoms with Crippen LogP contribution in [-0.4, -0.2) is 47.9 Å². The van der Waals surface area contributed by atoms with Gasteiger partial charge in [-0.25, -0.2) is 9.18 Å². The number of carbonyl (C=O) groups excluding carboxylic acids is 2. The van der Waals surface area contributed by atoms with E-state index in [0.29, 0.717) is 26.1 Å². The number of hydrogen-bond acceptors (Lipinski definition) is 2. The number of nitrogens with one attached hydrogen (secondary N) is 1. The van der Waals surface area contributed by atoms with E-state index < -0.39 is 0 Å². The van der Waals surface area contributed by atoms with Gasteiger partial charge in [0.25, 0.3) is 0 Å². The van der Waals surface area contributed by atoms with E-state index in [0.717, 1.165) is 43.4 Å². The predicted molar refractivity (Wildman–Crippen MR) is 91.5 cm³/mol. The highest BCUT2D eigenvalue weighted by Crippen LogP contribution is 2.33. The molecule has 3 amide bonds. The fraction of sp³-hybridized carbons (Fsp3) is 0.579. The molecule has 2 aliphatic carbocycles. The highest BCUT2D eigenvalue weighted by Gasteiger charge is 2.34. The monoisotopic (exact) mass is 345 g/mol. The Balaban J connectivity index is 1.36. The number of urea groups is 1. The molecule has 2 fully saturated rings. The topological polar surface area (TPSA) is 52.7 Å². The van der Waals surface area contributed by atoms with Crippen LogP contribution in [0.3, 0.4) is 0 Å². The maximum Gasteiger partial charge on any atom is 0.317 e. The minimum Gasteiger partial charge on any atom is -0.341 e. The van der Waals surface area contributed by atoms with Gasteiger partial charge in [-0.2, -0.15) is 0 Å². The van der Waals surface area contributed by atoms with Crippen LogP contribution < -0.4 is 5.32 Å². The largest absolute Gasteiger partial charge is 0.341 e. The molecule has 134 valence electrons. The number of fused-ring (bicyclic) bond motifs is 1. The third-order valence-corrected chi connectivity index (χ3v) is 5.53. The van der Waals surface area contributed by atoms with Crippen LogP contribution in [0, 0.1) is 11.7 Å². The lowest BCUT2D eigenvalue weighted by Gasteiger charge is -2.24. The predicted octanol–water partition coefficient (Wildman–Crippen LogP) is 2.47. The Hall–Kier alpha value is -2.11. The van der Waals surface area contributed by atoms with Crippen LogP contribution in [0.5, 0.6) is 0 Å². The van der Waals surface area contributed by atoms with Crippen LogP contribution in [0.25, 0.3) is 0 Å². The first-order chi connectivity index (χ1) is 12.1. The number of benzene rings is 1. The molecule has 1 aromatic carbocycles. The van der Waals surface area contributed by atoms with Gasteiger partial charge in [0.1, 0.15) is 5.82 Å². The van der Waals surface area contributed by atoms with Gasteiger partial charge in [0.2, 0.25) is 5.91 Å². The van der Waals surface area contributed by atoms with Crippen LogP contribution >= 0.6 is 0 Å². The van der Waals surface area contributed by atoms with Gasteiger partial charge in [-0.05, 0) is 49.3 Å². The van der Waals surface area contributed by atoms with Crippen LogP contribution in [0.15, 0.2) is 18.2 Å². The zero-order valence-corrected chi connectivity index (χ0v) is 14.3. The summed E-state index contributed by atoms with van der Waals surface area (Å²) in [7, 11) is 0. The van der Waals surface area contributed by atoms with Gasteiger partial charge in [-0.15, -0.1) is 0 Å². The molecule has 0 bridgehead atoms. The van der Waals surface area contributed by atoms with E-state index in [-0.39, 0.29) is 29.7 Å². The summed E-state index contributed by atoms with van der Waals surface area (Å²) >= 11 is 0. The maximum atomic E-state index is 13.8. The van der Waals surface area contributed by atoms with E-state index in [9.17, 15) is 14.0 Å². The Bertz CT molecular complexity index is 689. The van der Waals surface area contributed by atoms with Crippen LogP contribution in [0.2, 0.25) is 0 Å². The van der Waals surface area contributed by atoms with Crippen LogP contribution in [-0.2, 0) is 11.2 Å². The fourth-order valence-corrected chi connectivity index (χ4v) is 3.93. The molecule has 1 aliphatic heterocycles. The lowest BCUT2D eigenvalue weighted by Crippen LogP contribution is -2.43. The number of hydrogen-bond donors (Lipinski definition) is 1. The van der Waals surface area contributed by atoms with E-state index in [4.69, 9.17) is 0 Å². The van der Waals surface area contributed by atoms with E-state index in [1.54, 1.807) is 11.0 Å². The minimum atomic E-state index is -0.182. The van der Waals surface area contributed by atoms with Crippen LogP contribution in [0.4, 0.5) is 9.18 Å². The second-order valence-corrected chi connectivity index (χ2v) is 7.29. The summed E-state index contributed by atoms with van der Waals surface area (Å²) in [6.07, 6.45) is 4.23. The van der Waals surface area contributed by atoms with Crippen molar-refractivity contribution >= 4 is 11.9 Å². The smallest absolute Gasteiger partial charge is 0.317 e. The molecule has 4 rings (SSSR count). The molecular formula is C19H24FN3O2. The first-order valence-corrected chi connectivity index (χ1v) is 9.25. The minimum absolute atomic E-state index is 0.108. The second kappa shape index (κ2) is 6.65. The summed E-state index contributed by atoms with van der Waals surface area (Å²) in [5, 5.41) is 3.06. The highest BCUT2D eigenvalue weighted by atomic mass is 19.1. The number of nitrogens with zero attached hydrogens (tertiary/aromatic N) is 2. The molecule has 0 radical (unpaired) electrons. The summed E-state index contributed by atoms with van der Waals surface area (Å²) < 4.78 is 13.8. The Kier molecular flexibility index (Phi) is 4.36. The molecular weight excluding hydrogens is 321 g/mol. The fourth-order valence-electron chi connectivity index (χ4n) is 3.93. The van der Waals surface area contributed by atoms with Crippen LogP contribution in [0.1, 0.15) is 42.9 Å². The Morgan fingerprint density at radius 3 is 2.60 bits per heavy atom. The highest BCUT2D eigenvalue weighted by molar-refractivity contribution is 5.81. The van der Waals surface area contributed by atoms with Gasteiger partial charge < -0.3 is 15.1 Å². The molecule has 1 heterocycles. The molecule has 3 aliphatic rings. The summed E-state index contributed by atoms with van der Waals surface area (Å²) in [6.45, 7) is 2.56. The molecule has 6 heteroatoms. The lowest BCUT2D eigenvalue weighted by atomic mass is 10.1. The van der Waals surface area contributed by atoms with E-state index in [1.807, 2.05) is 11.0 Å². The number of halogens is 1. The standard InChI is InChI=1S/C19H24FN3O2/c20-16-4-1-3-15-14(16)7-8-17(15)21-19(25)23-10-2-9-22(11-12-23)18(24)13-5-6-13/h1,3-4,13,17H,2,5-12H2,(H,21,25). The molecule has 0 aromatic heterocycles. The molecule has 1 N–H and O–H groups in total. The summed E-state index contributed by atoms with van der Waals surface area (Å²) in [6, 6.07) is 4.85. The lowest BCUT2D eigenvalue weighted by molar-refractivity contribution is -0.132. The summed E-state index contributed by atoms with van der Waals surface area (Å²) in [4.78, 5) is 28.5. The molecule has 1 atom stereocenters.